The van der Waals surface area contributed by atoms with Gasteiger partial charge in [-0.1, -0.05) is 6.92 Å². The van der Waals surface area contributed by atoms with E-state index in [1.165, 1.54) is 0 Å². The van der Waals surface area contributed by atoms with Crippen molar-refractivity contribution in [2.45, 2.75) is 13.3 Å². The summed E-state index contributed by atoms with van der Waals surface area (Å²) >= 11 is 0. The fourth-order valence-corrected chi connectivity index (χ4v) is 1.48. The predicted molar refractivity (Wildman–Crippen MR) is 71.6 cm³/mol. The summed E-state index contributed by atoms with van der Waals surface area (Å²) < 4.78 is 10.1. The van der Waals surface area contributed by atoms with Gasteiger partial charge in [-0.25, -0.2) is 0 Å². The number of nitrogens with zero attached hydrogens (tertiary/aromatic N) is 1. The maximum absolute atomic E-state index is 8.66. The van der Waals surface area contributed by atoms with E-state index in [-0.39, 0.29) is 0 Å². The third kappa shape index (κ3) is 5.40. The maximum Gasteiger partial charge on any atom is 0.707 e. The van der Waals surface area contributed by atoms with Crippen LogP contribution in [0.5, 0.6) is 5.75 Å². The Kier molecular flexibility index (Phi) is 6.56. The minimum absolute atomic E-state index is 0.421. The molecule has 0 aromatic heterocycles. The molecule has 1 aromatic carbocycles. The summed E-state index contributed by atoms with van der Waals surface area (Å²) in [4.78, 5) is 2.06. The van der Waals surface area contributed by atoms with Crippen LogP contribution in [0.3, 0.4) is 0 Å². The summed E-state index contributed by atoms with van der Waals surface area (Å²) in [7, 11) is 0.197. The molecule has 5 nitrogen and oxygen atoms in total. The predicted octanol–water partition coefficient (Wildman–Crippen LogP) is 0.898. The van der Waals surface area contributed by atoms with Crippen molar-refractivity contribution in [2.24, 2.45) is 0 Å². The van der Waals surface area contributed by atoms with E-state index in [9.17, 15) is 0 Å². The normalized spacial score (nSPS) is 10.2. The monoisotopic (exact) mass is 253 g/mol. The lowest BCUT2D eigenvalue weighted by molar-refractivity contribution is 0.141. The van der Waals surface area contributed by atoms with Crippen molar-refractivity contribution in [3.63, 3.8) is 0 Å². The molecule has 0 spiro atoms. The van der Waals surface area contributed by atoms with Gasteiger partial charge >= 0.3 is 7.32 Å². The quantitative estimate of drug-likeness (QED) is 0.532. The lowest BCUT2D eigenvalue weighted by Crippen LogP contribution is -2.23. The third-order valence-corrected chi connectivity index (χ3v) is 2.44. The van der Waals surface area contributed by atoms with Crippen molar-refractivity contribution >= 4 is 13.0 Å². The Labute approximate surface area is 108 Å². The molecule has 0 heterocycles. The van der Waals surface area contributed by atoms with Gasteiger partial charge in [-0.2, -0.15) is 0 Å². The average Bonchev–Trinajstić information content (AvgIpc) is 2.34. The molecule has 0 radical (unpaired) electrons. The zero-order chi connectivity index (χ0) is 13.4. The third-order valence-electron chi connectivity index (χ3n) is 2.44. The van der Waals surface area contributed by atoms with Gasteiger partial charge in [0.1, 0.15) is 5.75 Å². The van der Waals surface area contributed by atoms with E-state index in [0.29, 0.717) is 12.4 Å². The van der Waals surface area contributed by atoms with Crippen molar-refractivity contribution in [2.75, 3.05) is 31.7 Å². The van der Waals surface area contributed by atoms with Crippen molar-refractivity contribution in [3.8, 4) is 5.75 Å². The Bertz CT molecular complexity index is 331. The van der Waals surface area contributed by atoms with E-state index in [4.69, 9.17) is 19.4 Å². The first-order valence-electron chi connectivity index (χ1n) is 6.05. The highest BCUT2D eigenvalue weighted by molar-refractivity contribution is 6.33. The van der Waals surface area contributed by atoms with Gasteiger partial charge in [0.2, 0.25) is 0 Å². The molecule has 6 heteroatoms. The van der Waals surface area contributed by atoms with Crippen LogP contribution in [0.15, 0.2) is 24.3 Å². The number of hydrogen-bond donors (Lipinski definition) is 2. The molecule has 0 bridgehead atoms. The molecular formula is C12H20BNO4. The summed E-state index contributed by atoms with van der Waals surface area (Å²) in [5, 5.41) is 17.3. The first kappa shape index (κ1) is 14.8. The van der Waals surface area contributed by atoms with Crippen LogP contribution in [-0.2, 0) is 4.74 Å². The Hall–Kier alpha value is -1.24. The van der Waals surface area contributed by atoms with Crippen LogP contribution in [0.2, 0.25) is 0 Å². The van der Waals surface area contributed by atoms with Crippen molar-refractivity contribution in [1.82, 2.24) is 0 Å². The SMILES string of the molecule is CCCOCCN(C)c1ccc(OB(O)O)cc1. The van der Waals surface area contributed by atoms with Gasteiger partial charge in [-0.3, -0.25) is 0 Å². The van der Waals surface area contributed by atoms with E-state index in [0.717, 1.165) is 25.3 Å². The molecule has 0 aliphatic carbocycles. The fourth-order valence-electron chi connectivity index (χ4n) is 1.48. The van der Waals surface area contributed by atoms with Crippen molar-refractivity contribution in [1.29, 1.82) is 0 Å². The number of ether oxygens (including phenoxy) is 1. The van der Waals surface area contributed by atoms with Crippen LogP contribution in [0.25, 0.3) is 0 Å². The topological polar surface area (TPSA) is 62.2 Å². The highest BCUT2D eigenvalue weighted by atomic mass is 16.6. The van der Waals surface area contributed by atoms with E-state index >= 15 is 0 Å². The van der Waals surface area contributed by atoms with Gasteiger partial charge in [-0.05, 0) is 30.7 Å². The molecule has 0 aliphatic rings. The minimum Gasteiger partial charge on any atom is -0.512 e. The largest absolute Gasteiger partial charge is 0.707 e. The van der Waals surface area contributed by atoms with Crippen molar-refractivity contribution < 1.29 is 19.4 Å². The van der Waals surface area contributed by atoms with Crippen LogP contribution in [0, 0.1) is 0 Å². The number of benzene rings is 1. The summed E-state index contributed by atoms with van der Waals surface area (Å²) in [6.45, 7) is 4.37. The van der Waals surface area contributed by atoms with E-state index in [1.54, 1.807) is 12.1 Å². The molecule has 0 saturated carbocycles. The first-order valence-corrected chi connectivity index (χ1v) is 6.05. The second-order valence-corrected chi connectivity index (χ2v) is 3.97. The van der Waals surface area contributed by atoms with Crippen LogP contribution in [0.4, 0.5) is 5.69 Å². The van der Waals surface area contributed by atoms with Gasteiger partial charge in [-0.15, -0.1) is 0 Å². The van der Waals surface area contributed by atoms with E-state index < -0.39 is 7.32 Å². The van der Waals surface area contributed by atoms with Crippen LogP contribution < -0.4 is 9.55 Å². The van der Waals surface area contributed by atoms with Gasteiger partial charge in [0.05, 0.1) is 6.61 Å². The molecule has 0 unspecified atom stereocenters. The fraction of sp³-hybridized carbons (Fsp3) is 0.500. The average molecular weight is 253 g/mol. The Morgan fingerprint density at radius 3 is 2.39 bits per heavy atom. The van der Waals surface area contributed by atoms with Crippen molar-refractivity contribution in [3.05, 3.63) is 24.3 Å². The Morgan fingerprint density at radius 1 is 1.17 bits per heavy atom. The van der Waals surface area contributed by atoms with E-state index in [2.05, 4.69) is 11.8 Å². The molecule has 100 valence electrons. The van der Waals surface area contributed by atoms with Gasteiger partial charge in [0, 0.05) is 25.9 Å². The van der Waals surface area contributed by atoms with Crippen LogP contribution in [0.1, 0.15) is 13.3 Å². The van der Waals surface area contributed by atoms with Gasteiger partial charge in [0.15, 0.2) is 0 Å². The molecule has 2 N–H and O–H groups in total. The first-order chi connectivity index (χ1) is 8.63. The van der Waals surface area contributed by atoms with E-state index in [1.807, 2.05) is 19.2 Å². The van der Waals surface area contributed by atoms with Crippen LogP contribution >= 0.6 is 0 Å². The Balaban J connectivity index is 2.41. The molecule has 0 amide bonds. The summed E-state index contributed by atoms with van der Waals surface area (Å²) in [5.74, 6) is 0.421. The smallest absolute Gasteiger partial charge is 0.512 e. The minimum atomic E-state index is -1.78. The number of rotatable bonds is 8. The molecule has 1 rings (SSSR count). The maximum atomic E-state index is 8.66. The molecule has 18 heavy (non-hydrogen) atoms. The van der Waals surface area contributed by atoms with Gasteiger partial charge < -0.3 is 24.3 Å². The number of anilines is 1. The molecule has 0 aliphatic heterocycles. The van der Waals surface area contributed by atoms with Gasteiger partial charge in [0.25, 0.3) is 0 Å². The lowest BCUT2D eigenvalue weighted by Gasteiger charge is -2.19. The highest BCUT2D eigenvalue weighted by Gasteiger charge is 2.10. The molecule has 1 aromatic rings. The molecule has 0 atom stereocenters. The summed E-state index contributed by atoms with van der Waals surface area (Å²) in [6, 6.07) is 7.10. The summed E-state index contributed by atoms with van der Waals surface area (Å²) in [5.41, 5.74) is 1.02. The summed E-state index contributed by atoms with van der Waals surface area (Å²) in [6.07, 6.45) is 1.03. The zero-order valence-electron chi connectivity index (χ0n) is 10.9. The standard InChI is InChI=1S/C12H20BNO4/c1-3-9-17-10-8-14(2)11-4-6-12(7-5-11)18-13(15)16/h4-7,15-16H,3,8-10H2,1-2H3. The number of likely N-dealkylation sites (N-methyl/N-ethyl adjacent to an activating group) is 1. The number of hydrogen-bond acceptors (Lipinski definition) is 5. The molecular weight excluding hydrogens is 233 g/mol. The zero-order valence-corrected chi connectivity index (χ0v) is 10.9. The lowest BCUT2D eigenvalue weighted by atomic mass is 10.2. The second-order valence-electron chi connectivity index (χ2n) is 3.97. The van der Waals surface area contributed by atoms with Crippen LogP contribution in [-0.4, -0.2) is 44.2 Å². The Morgan fingerprint density at radius 2 is 1.83 bits per heavy atom. The highest BCUT2D eigenvalue weighted by Crippen LogP contribution is 2.18. The second kappa shape index (κ2) is 7.97. The molecule has 0 saturated heterocycles. The molecule has 0 fully saturated rings.